The van der Waals surface area contributed by atoms with Crippen LogP contribution in [0, 0.1) is 26.4 Å². The summed E-state index contributed by atoms with van der Waals surface area (Å²) in [5.74, 6) is 0.00297. The maximum absolute atomic E-state index is 12.9. The molecule has 3 atom stereocenters. The summed E-state index contributed by atoms with van der Waals surface area (Å²) in [6.45, 7) is 6.55. The highest BCUT2D eigenvalue weighted by atomic mass is 79.9. The molecule has 1 amide bonds. The Balaban J connectivity index is 1.82. The minimum Gasteiger partial charge on any atom is -0.326 e. The quantitative estimate of drug-likeness (QED) is 0.496. The van der Waals surface area contributed by atoms with Gasteiger partial charge in [-0.15, -0.1) is 0 Å². The third kappa shape index (κ3) is 1.62. The maximum Gasteiger partial charge on any atom is 0.269 e. The molecule has 3 aliphatic carbocycles. The van der Waals surface area contributed by atoms with E-state index in [1.54, 1.807) is 12.1 Å². The number of carbonyl (C=O) groups is 1. The van der Waals surface area contributed by atoms with Crippen molar-refractivity contribution in [2.75, 3.05) is 5.32 Å². The number of nitrogens with one attached hydrogen (secondary N) is 1. The normalized spacial score (nSPS) is 34.8. The molecule has 118 valence electrons. The van der Waals surface area contributed by atoms with E-state index in [2.05, 4.69) is 42.0 Å². The molecule has 0 aromatic heterocycles. The SMILES string of the molecule is CC12CCC(C(=O)Nc3ccc([N+](=O)[O-])cc3)(C1Br)C2(C)C. The van der Waals surface area contributed by atoms with Gasteiger partial charge in [0.2, 0.25) is 5.91 Å². The van der Waals surface area contributed by atoms with E-state index in [4.69, 9.17) is 0 Å². The minimum atomic E-state index is -0.448. The van der Waals surface area contributed by atoms with Gasteiger partial charge in [-0.2, -0.15) is 0 Å². The standard InChI is InChI=1S/C16H19BrN2O3/c1-14(2)15(3)8-9-16(14,12(15)17)13(20)18-10-4-6-11(7-5-10)19(21)22/h4-7,12H,8-9H2,1-3H3,(H,18,20). The number of fused-ring (bicyclic) bond motifs is 1. The van der Waals surface area contributed by atoms with Gasteiger partial charge in [-0.05, 0) is 35.8 Å². The summed E-state index contributed by atoms with van der Waals surface area (Å²) < 4.78 is 0. The molecular formula is C16H19BrN2O3. The smallest absolute Gasteiger partial charge is 0.269 e. The van der Waals surface area contributed by atoms with Crippen molar-refractivity contribution >= 4 is 33.2 Å². The summed E-state index contributed by atoms with van der Waals surface area (Å²) in [5.41, 5.74) is 0.274. The fourth-order valence-corrected chi connectivity index (χ4v) is 6.18. The Morgan fingerprint density at radius 1 is 1.27 bits per heavy atom. The predicted octanol–water partition coefficient (Wildman–Crippen LogP) is 4.12. The van der Waals surface area contributed by atoms with Gasteiger partial charge in [-0.1, -0.05) is 36.7 Å². The van der Waals surface area contributed by atoms with Crippen molar-refractivity contribution in [2.45, 2.75) is 38.4 Å². The van der Waals surface area contributed by atoms with Crippen molar-refractivity contribution < 1.29 is 9.72 Å². The Labute approximate surface area is 137 Å². The number of benzene rings is 1. The molecular weight excluding hydrogens is 348 g/mol. The molecule has 5 nitrogen and oxygen atoms in total. The molecule has 6 heteroatoms. The molecule has 1 aromatic rings. The maximum atomic E-state index is 12.9. The number of nitrogens with zero attached hydrogens (tertiary/aromatic N) is 1. The van der Waals surface area contributed by atoms with Gasteiger partial charge in [-0.3, -0.25) is 14.9 Å². The van der Waals surface area contributed by atoms with Crippen LogP contribution in [0.3, 0.4) is 0 Å². The third-order valence-electron chi connectivity index (χ3n) is 6.31. The number of carbonyl (C=O) groups excluding carboxylic acids is 1. The number of hydrogen-bond acceptors (Lipinski definition) is 3. The topological polar surface area (TPSA) is 72.2 Å². The van der Waals surface area contributed by atoms with Crippen molar-refractivity contribution in [2.24, 2.45) is 16.2 Å². The lowest BCUT2D eigenvalue weighted by Gasteiger charge is -2.64. The second-order valence-corrected chi connectivity index (χ2v) is 8.05. The van der Waals surface area contributed by atoms with E-state index in [0.717, 1.165) is 12.8 Å². The Morgan fingerprint density at radius 3 is 2.27 bits per heavy atom. The molecule has 22 heavy (non-hydrogen) atoms. The first kappa shape index (κ1) is 15.5. The molecule has 1 N–H and O–H groups in total. The van der Waals surface area contributed by atoms with Gasteiger partial charge < -0.3 is 5.32 Å². The van der Waals surface area contributed by atoms with Gasteiger partial charge in [0, 0.05) is 22.6 Å². The van der Waals surface area contributed by atoms with E-state index in [9.17, 15) is 14.9 Å². The van der Waals surface area contributed by atoms with Gasteiger partial charge in [0.25, 0.3) is 5.69 Å². The summed E-state index contributed by atoms with van der Waals surface area (Å²) in [4.78, 5) is 23.3. The molecule has 0 aliphatic heterocycles. The van der Waals surface area contributed by atoms with Crippen LogP contribution in [-0.4, -0.2) is 15.7 Å². The second-order valence-electron chi connectivity index (χ2n) is 7.13. The minimum absolute atomic E-state index is 0.00297. The number of rotatable bonds is 3. The zero-order chi connectivity index (χ0) is 16.3. The first-order valence-electron chi connectivity index (χ1n) is 7.37. The van der Waals surface area contributed by atoms with Crippen molar-refractivity contribution in [1.29, 1.82) is 0 Å². The van der Waals surface area contributed by atoms with Crippen molar-refractivity contribution in [3.8, 4) is 0 Å². The van der Waals surface area contributed by atoms with E-state index in [0.29, 0.717) is 5.69 Å². The van der Waals surface area contributed by atoms with Crippen LogP contribution in [0.15, 0.2) is 24.3 Å². The Bertz CT molecular complexity index is 658. The highest BCUT2D eigenvalue weighted by Gasteiger charge is 2.80. The summed E-state index contributed by atoms with van der Waals surface area (Å²) in [5, 5.41) is 13.6. The molecule has 1 aromatic carbocycles. The van der Waals surface area contributed by atoms with E-state index in [1.165, 1.54) is 12.1 Å². The molecule has 3 unspecified atom stereocenters. The number of anilines is 1. The molecule has 2 bridgehead atoms. The highest BCUT2D eigenvalue weighted by molar-refractivity contribution is 9.09. The molecule has 0 saturated heterocycles. The lowest BCUT2D eigenvalue weighted by molar-refractivity contribution is -0.384. The predicted molar refractivity (Wildman–Crippen MR) is 88.0 cm³/mol. The van der Waals surface area contributed by atoms with Gasteiger partial charge in [0.15, 0.2) is 0 Å². The van der Waals surface area contributed by atoms with Crippen LogP contribution >= 0.6 is 15.9 Å². The van der Waals surface area contributed by atoms with Crippen LogP contribution in [0.1, 0.15) is 33.6 Å². The molecule has 4 rings (SSSR count). The Kier molecular flexibility index (Phi) is 3.19. The molecule has 3 fully saturated rings. The molecule has 0 radical (unpaired) electrons. The van der Waals surface area contributed by atoms with Crippen molar-refractivity contribution in [3.63, 3.8) is 0 Å². The second kappa shape index (κ2) is 4.54. The number of hydrogen-bond donors (Lipinski definition) is 1. The van der Waals surface area contributed by atoms with E-state index in [1.807, 2.05) is 0 Å². The van der Waals surface area contributed by atoms with Crippen LogP contribution in [-0.2, 0) is 4.79 Å². The van der Waals surface area contributed by atoms with Gasteiger partial charge in [-0.25, -0.2) is 0 Å². The first-order valence-corrected chi connectivity index (χ1v) is 8.28. The zero-order valence-electron chi connectivity index (χ0n) is 12.9. The van der Waals surface area contributed by atoms with E-state index in [-0.39, 0.29) is 27.3 Å². The van der Waals surface area contributed by atoms with Gasteiger partial charge in [0.1, 0.15) is 0 Å². The molecule has 0 heterocycles. The van der Waals surface area contributed by atoms with Crippen molar-refractivity contribution in [1.82, 2.24) is 0 Å². The van der Waals surface area contributed by atoms with E-state index < -0.39 is 10.3 Å². The lowest BCUT2D eigenvalue weighted by atomic mass is 9.43. The fourth-order valence-electron chi connectivity index (χ4n) is 4.37. The number of alkyl halides is 1. The van der Waals surface area contributed by atoms with Gasteiger partial charge in [0.05, 0.1) is 10.3 Å². The third-order valence-corrected chi connectivity index (χ3v) is 8.11. The largest absolute Gasteiger partial charge is 0.326 e. The van der Waals surface area contributed by atoms with Crippen LogP contribution < -0.4 is 5.32 Å². The van der Waals surface area contributed by atoms with Crippen molar-refractivity contribution in [3.05, 3.63) is 34.4 Å². The number of nitro groups is 1. The van der Waals surface area contributed by atoms with Crippen LogP contribution in [0.5, 0.6) is 0 Å². The average molecular weight is 367 g/mol. The first-order chi connectivity index (χ1) is 10.2. The summed E-state index contributed by atoms with van der Waals surface area (Å²) in [7, 11) is 0. The van der Waals surface area contributed by atoms with Crippen LogP contribution in [0.2, 0.25) is 0 Å². The Hall–Kier alpha value is -1.43. The average Bonchev–Trinajstić information content (AvgIpc) is 2.87. The zero-order valence-corrected chi connectivity index (χ0v) is 14.4. The molecule has 0 spiro atoms. The lowest BCUT2D eigenvalue weighted by Crippen LogP contribution is -2.68. The summed E-state index contributed by atoms with van der Waals surface area (Å²) >= 11 is 3.74. The number of non-ortho nitro benzene ring substituents is 1. The number of halogens is 1. The monoisotopic (exact) mass is 366 g/mol. The Morgan fingerprint density at radius 2 is 1.86 bits per heavy atom. The molecule has 3 saturated carbocycles. The van der Waals surface area contributed by atoms with Crippen LogP contribution in [0.4, 0.5) is 11.4 Å². The fraction of sp³-hybridized carbons (Fsp3) is 0.562. The number of nitro benzene ring substituents is 1. The summed E-state index contributed by atoms with van der Waals surface area (Å²) in [6, 6.07) is 5.97. The molecule has 3 aliphatic rings. The highest BCUT2D eigenvalue weighted by Crippen LogP contribution is 2.79. The number of amides is 1. The van der Waals surface area contributed by atoms with Gasteiger partial charge >= 0.3 is 0 Å². The van der Waals surface area contributed by atoms with Crippen LogP contribution in [0.25, 0.3) is 0 Å². The summed E-state index contributed by atoms with van der Waals surface area (Å²) in [6.07, 6.45) is 1.90. The van der Waals surface area contributed by atoms with E-state index >= 15 is 0 Å².